The number of fused-ring (bicyclic) bond motifs is 2. The Hall–Kier alpha value is -3.24. The first-order valence-electron chi connectivity index (χ1n) is 15.8. The summed E-state index contributed by atoms with van der Waals surface area (Å²) in [7, 11) is 1.44. The van der Waals surface area contributed by atoms with Crippen LogP contribution in [0.25, 0.3) is 11.8 Å². The predicted octanol–water partition coefficient (Wildman–Crippen LogP) is 1.65. The van der Waals surface area contributed by atoms with Gasteiger partial charge in [-0.2, -0.15) is 0 Å². The van der Waals surface area contributed by atoms with Gasteiger partial charge in [-0.05, 0) is 56.9 Å². The van der Waals surface area contributed by atoms with Gasteiger partial charge in [0.25, 0.3) is 0 Å². The normalized spacial score (nSPS) is 18.8. The molecule has 0 saturated carbocycles. The van der Waals surface area contributed by atoms with Crippen molar-refractivity contribution in [1.82, 2.24) is 24.3 Å². The maximum atomic E-state index is 11.9. The highest BCUT2D eigenvalue weighted by Crippen LogP contribution is 2.23. The van der Waals surface area contributed by atoms with Crippen LogP contribution in [0.15, 0.2) is 54.9 Å². The minimum absolute atomic E-state index is 0.208. The van der Waals surface area contributed by atoms with Crippen molar-refractivity contribution in [3.63, 3.8) is 0 Å². The lowest BCUT2D eigenvalue weighted by atomic mass is 9.96. The number of benzene rings is 1. The molecule has 0 amide bonds. The molecule has 9 nitrogen and oxygen atoms in total. The summed E-state index contributed by atoms with van der Waals surface area (Å²) in [5.41, 5.74) is 9.44. The maximum Gasteiger partial charge on any atom is 0.309 e. The number of carbonyl (C=O) groups is 1. The molecule has 0 bridgehead atoms. The van der Waals surface area contributed by atoms with Crippen LogP contribution < -0.4 is 16.4 Å². The molecule has 2 aliphatic heterocycles. The van der Waals surface area contributed by atoms with Gasteiger partial charge in [0.15, 0.2) is 0 Å². The molecular weight excluding hydrogens is 540 g/mol. The Kier molecular flexibility index (Phi) is 11.2. The van der Waals surface area contributed by atoms with Crippen molar-refractivity contribution in [2.24, 2.45) is 5.73 Å². The van der Waals surface area contributed by atoms with Crippen molar-refractivity contribution in [2.75, 3.05) is 59.6 Å². The number of hydrogen-bond donors (Lipinski definition) is 1. The molecule has 1 aromatic heterocycles. The lowest BCUT2D eigenvalue weighted by Crippen LogP contribution is -2.49. The molecule has 2 unspecified atom stereocenters. The molecule has 0 spiro atoms. The highest BCUT2D eigenvalue weighted by atomic mass is 16.5. The Morgan fingerprint density at radius 3 is 2.74 bits per heavy atom. The van der Waals surface area contributed by atoms with Gasteiger partial charge in [0.05, 0.1) is 44.5 Å². The summed E-state index contributed by atoms with van der Waals surface area (Å²) in [6.45, 7) is 11.5. The van der Waals surface area contributed by atoms with E-state index >= 15 is 0 Å². The Labute approximate surface area is 255 Å². The third-order valence-electron chi connectivity index (χ3n) is 8.72. The number of morpholine rings is 1. The molecule has 1 saturated heterocycles. The fraction of sp³-hybridized carbons (Fsp3) is 0.529. The van der Waals surface area contributed by atoms with Gasteiger partial charge < -0.3 is 24.7 Å². The van der Waals surface area contributed by atoms with Gasteiger partial charge >= 0.3 is 5.97 Å². The fourth-order valence-electron chi connectivity index (χ4n) is 6.41. The van der Waals surface area contributed by atoms with Gasteiger partial charge in [0.2, 0.25) is 0 Å². The largest absolute Gasteiger partial charge is 0.469 e. The monoisotopic (exact) mass is 588 g/mol. The zero-order chi connectivity index (χ0) is 30.0. The van der Waals surface area contributed by atoms with E-state index in [-0.39, 0.29) is 12.0 Å². The van der Waals surface area contributed by atoms with Gasteiger partial charge in [-0.25, -0.2) is 4.98 Å². The standard InChI is InChI=1S/C34H48N6O3/c1-27(12-13-35)40-25-31-34(30-10-3-4-11-32(30)40)39(26-36-31)17-7-16-38(15-6-14-37-18-20-43-21-19-37)24-29-9-5-8-28(22-29)23-33(41)42-2/h3-5,8-11,22,25-27,32H,6-7,12-21,23-24,35H2,1-2H3. The van der Waals surface area contributed by atoms with Gasteiger partial charge in [-0.15, -0.1) is 0 Å². The van der Waals surface area contributed by atoms with E-state index in [0.29, 0.717) is 19.0 Å². The van der Waals surface area contributed by atoms with Crippen molar-refractivity contribution in [3.05, 3.63) is 76.7 Å². The number of esters is 1. The summed E-state index contributed by atoms with van der Waals surface area (Å²) in [5.74, 6) is -0.208. The molecule has 0 radical (unpaired) electrons. The number of imidazole rings is 1. The minimum Gasteiger partial charge on any atom is -0.469 e. The first kappa shape index (κ1) is 31.2. The third-order valence-corrected chi connectivity index (χ3v) is 8.72. The van der Waals surface area contributed by atoms with E-state index in [1.807, 2.05) is 18.5 Å². The minimum atomic E-state index is -0.208. The second kappa shape index (κ2) is 15.5. The zero-order valence-corrected chi connectivity index (χ0v) is 25.9. The van der Waals surface area contributed by atoms with Crippen molar-refractivity contribution in [2.45, 2.75) is 57.8 Å². The van der Waals surface area contributed by atoms with Crippen LogP contribution >= 0.6 is 0 Å². The Morgan fingerprint density at radius 2 is 1.95 bits per heavy atom. The average molecular weight is 589 g/mol. The number of hydrogen-bond acceptors (Lipinski definition) is 8. The molecule has 2 atom stereocenters. The third kappa shape index (κ3) is 8.23. The van der Waals surface area contributed by atoms with Crippen molar-refractivity contribution >= 4 is 17.7 Å². The van der Waals surface area contributed by atoms with Crippen LogP contribution in [-0.4, -0.2) is 102 Å². The predicted molar refractivity (Wildman–Crippen MR) is 170 cm³/mol. The lowest BCUT2D eigenvalue weighted by molar-refractivity contribution is -0.139. The van der Waals surface area contributed by atoms with E-state index in [0.717, 1.165) is 89.2 Å². The number of carbonyl (C=O) groups excluding carboxylic acids is 1. The number of aryl methyl sites for hydroxylation is 1. The van der Waals surface area contributed by atoms with Crippen LogP contribution in [0.2, 0.25) is 0 Å². The summed E-state index contributed by atoms with van der Waals surface area (Å²) in [4.78, 5) is 24.2. The molecule has 232 valence electrons. The number of methoxy groups -OCH3 is 1. The summed E-state index contributed by atoms with van der Waals surface area (Å²) in [5, 5.41) is 2.27. The fourth-order valence-corrected chi connectivity index (χ4v) is 6.41. The number of ether oxygens (including phenoxy) is 2. The molecule has 3 heterocycles. The second-order valence-electron chi connectivity index (χ2n) is 11.8. The van der Waals surface area contributed by atoms with Crippen LogP contribution in [-0.2, 0) is 33.8 Å². The first-order valence-corrected chi connectivity index (χ1v) is 15.8. The SMILES string of the molecule is COC(=O)Cc1cccc(CN(CCCN2CCOCC2)CCCn2cnc3c2=C2C=CC=CC2N(C(C)CCN)C=3)c1. The molecule has 5 rings (SSSR count). The van der Waals surface area contributed by atoms with Crippen molar-refractivity contribution in [3.8, 4) is 0 Å². The molecule has 1 aromatic carbocycles. The van der Waals surface area contributed by atoms with Crippen molar-refractivity contribution < 1.29 is 14.3 Å². The van der Waals surface area contributed by atoms with Gasteiger partial charge in [0.1, 0.15) is 5.35 Å². The van der Waals surface area contributed by atoms with Gasteiger partial charge in [0, 0.05) is 50.5 Å². The molecule has 43 heavy (non-hydrogen) atoms. The number of rotatable bonds is 15. The van der Waals surface area contributed by atoms with Crippen LogP contribution in [0.5, 0.6) is 0 Å². The quantitative estimate of drug-likeness (QED) is 0.315. The van der Waals surface area contributed by atoms with Crippen molar-refractivity contribution in [1.29, 1.82) is 0 Å². The van der Waals surface area contributed by atoms with Gasteiger partial charge in [-0.1, -0.05) is 48.6 Å². The highest BCUT2D eigenvalue weighted by molar-refractivity contribution is 5.72. The Bertz CT molecular complexity index is 1390. The highest BCUT2D eigenvalue weighted by Gasteiger charge is 2.27. The van der Waals surface area contributed by atoms with Crippen LogP contribution in [0, 0.1) is 0 Å². The van der Waals surface area contributed by atoms with Crippen LogP contribution in [0.3, 0.4) is 0 Å². The molecule has 3 aliphatic rings. The number of aromatic nitrogens is 2. The molecular formula is C34H48N6O3. The summed E-state index contributed by atoms with van der Waals surface area (Å²) in [6.07, 6.45) is 16.4. The van der Waals surface area contributed by atoms with Crippen LogP contribution in [0.4, 0.5) is 0 Å². The summed E-state index contributed by atoms with van der Waals surface area (Å²) in [6, 6.07) is 8.91. The lowest BCUT2D eigenvalue weighted by Gasteiger charge is -2.37. The Balaban J connectivity index is 1.27. The molecule has 2 aromatic rings. The molecule has 1 aliphatic carbocycles. The van der Waals surface area contributed by atoms with E-state index in [1.54, 1.807) is 0 Å². The Morgan fingerprint density at radius 1 is 1.16 bits per heavy atom. The van der Waals surface area contributed by atoms with E-state index in [4.69, 9.17) is 20.2 Å². The smallest absolute Gasteiger partial charge is 0.309 e. The molecule has 9 heteroatoms. The van der Waals surface area contributed by atoms with E-state index in [2.05, 4.69) is 68.8 Å². The average Bonchev–Trinajstić information content (AvgIpc) is 3.44. The number of nitrogens with two attached hydrogens (primary N) is 1. The van der Waals surface area contributed by atoms with E-state index < -0.39 is 0 Å². The van der Waals surface area contributed by atoms with Crippen LogP contribution in [0.1, 0.15) is 37.3 Å². The number of nitrogens with zero attached hydrogens (tertiary/aromatic N) is 5. The summed E-state index contributed by atoms with van der Waals surface area (Å²) < 4.78 is 12.8. The summed E-state index contributed by atoms with van der Waals surface area (Å²) >= 11 is 0. The van der Waals surface area contributed by atoms with E-state index in [1.165, 1.54) is 23.6 Å². The maximum absolute atomic E-state index is 11.9. The topological polar surface area (TPSA) is 89.1 Å². The molecule has 1 fully saturated rings. The number of allylic oxidation sites excluding steroid dienone is 2. The van der Waals surface area contributed by atoms with Gasteiger partial charge in [-0.3, -0.25) is 14.6 Å². The molecule has 2 N–H and O–H groups in total. The zero-order valence-electron chi connectivity index (χ0n) is 25.9. The first-order chi connectivity index (χ1) is 21.1. The van der Waals surface area contributed by atoms with E-state index in [9.17, 15) is 4.79 Å². The second-order valence-corrected chi connectivity index (χ2v) is 11.8.